The van der Waals surface area contributed by atoms with E-state index in [-0.39, 0.29) is 0 Å². The van der Waals surface area contributed by atoms with Crippen LogP contribution in [0.15, 0.2) is 170 Å². The van der Waals surface area contributed by atoms with Gasteiger partial charge in [0.25, 0.3) is 0 Å². The summed E-state index contributed by atoms with van der Waals surface area (Å²) in [6.45, 7) is 0. The van der Waals surface area contributed by atoms with Crippen molar-refractivity contribution in [2.24, 2.45) is 0 Å². The molecule has 2 nitrogen and oxygen atoms in total. The summed E-state index contributed by atoms with van der Waals surface area (Å²) in [5.41, 5.74) is 14.7. The lowest BCUT2D eigenvalue weighted by Gasteiger charge is -2.30. The van der Waals surface area contributed by atoms with Gasteiger partial charge in [0.1, 0.15) is 0 Å². The standard InChI is InChI=1S/C44H28N2/c1-5-13-29(14-6-1)35-25-21-31-23-28-38-41-39(31)43(35)45(33-17-9-3-10-18-33)37-27-24-32-22-26-36(30-15-7-2-8-16-30)44(40(32)42(37)41)46(38)34-19-11-4-12-20-34/h1-28H. The maximum atomic E-state index is 2.51. The maximum absolute atomic E-state index is 2.51. The number of benzene rings is 8. The summed E-state index contributed by atoms with van der Waals surface area (Å²) in [7, 11) is 0. The number of nitrogens with zero attached hydrogens (tertiary/aromatic N) is 2. The predicted molar refractivity (Wildman–Crippen MR) is 194 cm³/mol. The molecule has 0 aromatic heterocycles. The molecule has 0 saturated heterocycles. The highest BCUT2D eigenvalue weighted by molar-refractivity contribution is 6.29. The number of hydrogen-bond acceptors (Lipinski definition) is 0. The van der Waals surface area contributed by atoms with Crippen LogP contribution in [0.3, 0.4) is 0 Å². The van der Waals surface area contributed by atoms with E-state index in [0.717, 1.165) is 11.4 Å². The minimum atomic E-state index is 1.16. The highest BCUT2D eigenvalue weighted by atomic mass is 15.0. The van der Waals surface area contributed by atoms with Gasteiger partial charge in [-0.05, 0) is 58.3 Å². The SMILES string of the molecule is c1ccc(-c2ccc3ccc4c5c3c2n(-c2ccccc2)c2ccc3ccc(-c6ccccc6)c(c3c2-5)n4-c2ccccc2)cc1. The van der Waals surface area contributed by atoms with Crippen molar-refractivity contribution >= 4 is 43.6 Å². The third-order valence-electron chi connectivity index (χ3n) is 9.65. The van der Waals surface area contributed by atoms with Crippen molar-refractivity contribution in [3.63, 3.8) is 0 Å². The molecule has 8 aromatic rings. The normalized spacial score (nSPS) is 11.9. The summed E-state index contributed by atoms with van der Waals surface area (Å²) in [5.74, 6) is 0. The van der Waals surface area contributed by atoms with Gasteiger partial charge in [0.2, 0.25) is 0 Å². The highest BCUT2D eigenvalue weighted by Gasteiger charge is 2.29. The zero-order valence-corrected chi connectivity index (χ0v) is 25.1. The van der Waals surface area contributed by atoms with Crippen molar-refractivity contribution in [1.29, 1.82) is 0 Å². The van der Waals surface area contributed by atoms with E-state index < -0.39 is 0 Å². The molecule has 0 bridgehead atoms. The van der Waals surface area contributed by atoms with Gasteiger partial charge >= 0.3 is 0 Å². The zero-order chi connectivity index (χ0) is 30.2. The average molecular weight is 585 g/mol. The van der Waals surface area contributed by atoms with Crippen molar-refractivity contribution < 1.29 is 0 Å². The Kier molecular flexibility index (Phi) is 5.31. The molecule has 0 fully saturated rings. The van der Waals surface area contributed by atoms with Crippen LogP contribution in [0.5, 0.6) is 0 Å². The van der Waals surface area contributed by atoms with E-state index in [9.17, 15) is 0 Å². The zero-order valence-electron chi connectivity index (χ0n) is 25.1. The Morgan fingerprint density at radius 3 is 1.04 bits per heavy atom. The van der Waals surface area contributed by atoms with Crippen molar-refractivity contribution in [3.8, 4) is 44.8 Å². The first-order valence-corrected chi connectivity index (χ1v) is 15.9. The maximum Gasteiger partial charge on any atom is 0.0625 e. The molecule has 214 valence electrons. The lowest BCUT2D eigenvalue weighted by Crippen LogP contribution is -2.11. The first kappa shape index (κ1) is 25.2. The van der Waals surface area contributed by atoms with Crippen molar-refractivity contribution in [3.05, 3.63) is 170 Å². The lowest BCUT2D eigenvalue weighted by molar-refractivity contribution is 1.14. The van der Waals surface area contributed by atoms with Crippen molar-refractivity contribution in [2.75, 3.05) is 0 Å². The van der Waals surface area contributed by atoms with Gasteiger partial charge in [0, 0.05) is 44.4 Å². The topological polar surface area (TPSA) is 9.86 Å². The van der Waals surface area contributed by atoms with Crippen molar-refractivity contribution in [2.45, 2.75) is 0 Å². The van der Waals surface area contributed by atoms with E-state index in [1.54, 1.807) is 0 Å². The Morgan fingerprint density at radius 1 is 0.304 bits per heavy atom. The van der Waals surface area contributed by atoms with Gasteiger partial charge in [0.15, 0.2) is 0 Å². The molecule has 2 heterocycles. The minimum absolute atomic E-state index is 1.16. The molecule has 8 aromatic carbocycles. The minimum Gasteiger partial charge on any atom is -0.309 e. The third-order valence-corrected chi connectivity index (χ3v) is 9.65. The summed E-state index contributed by atoms with van der Waals surface area (Å²) in [4.78, 5) is 0. The summed E-state index contributed by atoms with van der Waals surface area (Å²) >= 11 is 0. The van der Waals surface area contributed by atoms with Gasteiger partial charge in [-0.3, -0.25) is 0 Å². The van der Waals surface area contributed by atoms with E-state index in [1.807, 2.05) is 0 Å². The smallest absolute Gasteiger partial charge is 0.0625 e. The van der Waals surface area contributed by atoms with E-state index in [1.165, 1.54) is 77.0 Å². The van der Waals surface area contributed by atoms with Crippen LogP contribution in [0.2, 0.25) is 0 Å². The van der Waals surface area contributed by atoms with E-state index >= 15 is 0 Å². The van der Waals surface area contributed by atoms with Gasteiger partial charge in [-0.25, -0.2) is 0 Å². The summed E-state index contributed by atoms with van der Waals surface area (Å²) in [6.07, 6.45) is 0. The molecule has 46 heavy (non-hydrogen) atoms. The lowest BCUT2D eigenvalue weighted by atomic mass is 9.84. The molecule has 0 N–H and O–H groups in total. The monoisotopic (exact) mass is 584 g/mol. The van der Waals surface area contributed by atoms with Crippen LogP contribution in [-0.4, -0.2) is 9.13 Å². The third kappa shape index (κ3) is 3.47. The number of aromatic nitrogens is 2. The molecule has 0 atom stereocenters. The van der Waals surface area contributed by atoms with Crippen LogP contribution in [0.1, 0.15) is 0 Å². The second kappa shape index (κ2) is 9.69. The Bertz CT molecular complexity index is 2460. The van der Waals surface area contributed by atoms with Crippen LogP contribution in [0, 0.1) is 0 Å². The Hall–Kier alpha value is -6.12. The molecule has 0 radical (unpaired) electrons. The number of hydrogen-bond donors (Lipinski definition) is 0. The molecule has 0 spiro atoms. The Labute approximate surface area is 266 Å². The summed E-state index contributed by atoms with van der Waals surface area (Å²) in [6, 6.07) is 61.9. The molecular weight excluding hydrogens is 556 g/mol. The fourth-order valence-electron chi connectivity index (χ4n) is 7.75. The van der Waals surface area contributed by atoms with E-state index in [2.05, 4.69) is 179 Å². The van der Waals surface area contributed by atoms with Gasteiger partial charge in [-0.15, -0.1) is 0 Å². The van der Waals surface area contributed by atoms with Gasteiger partial charge in [-0.1, -0.05) is 133 Å². The second-order valence-corrected chi connectivity index (χ2v) is 12.1. The van der Waals surface area contributed by atoms with E-state index in [4.69, 9.17) is 0 Å². The Balaban J connectivity index is 1.54. The predicted octanol–water partition coefficient (Wildman–Crippen LogP) is 11.8. The summed E-state index contributed by atoms with van der Waals surface area (Å²) in [5, 5.41) is 5.07. The molecule has 0 saturated carbocycles. The number of rotatable bonds is 4. The second-order valence-electron chi connectivity index (χ2n) is 12.1. The van der Waals surface area contributed by atoms with Crippen molar-refractivity contribution in [1.82, 2.24) is 9.13 Å². The van der Waals surface area contributed by atoms with Gasteiger partial charge < -0.3 is 9.13 Å². The molecular formula is C44H28N2. The van der Waals surface area contributed by atoms with Crippen LogP contribution in [-0.2, 0) is 0 Å². The van der Waals surface area contributed by atoms with Gasteiger partial charge in [0.05, 0.1) is 22.1 Å². The largest absolute Gasteiger partial charge is 0.309 e. The Morgan fingerprint density at radius 2 is 0.652 bits per heavy atom. The van der Waals surface area contributed by atoms with Crippen LogP contribution < -0.4 is 0 Å². The van der Waals surface area contributed by atoms with Crippen LogP contribution >= 0.6 is 0 Å². The van der Waals surface area contributed by atoms with E-state index in [0.29, 0.717) is 0 Å². The average Bonchev–Trinajstić information content (AvgIpc) is 3.14. The summed E-state index contributed by atoms with van der Waals surface area (Å²) < 4.78 is 5.01. The molecule has 2 aliphatic heterocycles. The molecule has 0 amide bonds. The highest BCUT2D eigenvalue weighted by Crippen LogP contribution is 2.52. The number of pyridine rings is 2. The fourth-order valence-corrected chi connectivity index (χ4v) is 7.75. The molecule has 0 unspecified atom stereocenters. The first-order chi connectivity index (χ1) is 22.9. The molecule has 10 rings (SSSR count). The van der Waals surface area contributed by atoms with Gasteiger partial charge in [-0.2, -0.15) is 0 Å². The number of para-hydroxylation sites is 2. The molecule has 0 aliphatic carbocycles. The first-order valence-electron chi connectivity index (χ1n) is 15.9. The quantitative estimate of drug-likeness (QED) is 0.144. The molecule has 2 aliphatic rings. The van der Waals surface area contributed by atoms with Crippen LogP contribution in [0.25, 0.3) is 88.4 Å². The fraction of sp³-hybridized carbons (Fsp3) is 0. The molecule has 2 heteroatoms. The van der Waals surface area contributed by atoms with Crippen LogP contribution in [0.4, 0.5) is 0 Å².